The summed E-state index contributed by atoms with van der Waals surface area (Å²) >= 11 is 0. The van der Waals surface area contributed by atoms with Crippen LogP contribution in [0, 0.1) is 5.41 Å². The highest BCUT2D eigenvalue weighted by atomic mass is 16.5. The van der Waals surface area contributed by atoms with Gasteiger partial charge in [0.2, 0.25) is 0 Å². The third kappa shape index (κ3) is 2.28. The van der Waals surface area contributed by atoms with E-state index in [-0.39, 0.29) is 0 Å². The molecule has 0 amide bonds. The Morgan fingerprint density at radius 1 is 1.38 bits per heavy atom. The first-order valence-corrected chi connectivity index (χ1v) is 6.03. The van der Waals surface area contributed by atoms with Crippen LogP contribution in [0.1, 0.15) is 31.4 Å². The molecule has 2 nitrogen and oxygen atoms in total. The van der Waals surface area contributed by atoms with Crippen molar-refractivity contribution in [3.8, 4) is 0 Å². The van der Waals surface area contributed by atoms with Crippen molar-refractivity contribution < 1.29 is 4.74 Å². The van der Waals surface area contributed by atoms with Crippen molar-refractivity contribution in [3.05, 3.63) is 35.9 Å². The van der Waals surface area contributed by atoms with Crippen molar-refractivity contribution in [1.82, 2.24) is 5.32 Å². The molecule has 1 fully saturated rings. The third-order valence-corrected chi connectivity index (χ3v) is 3.75. The van der Waals surface area contributed by atoms with E-state index < -0.39 is 0 Å². The fraction of sp³-hybridized carbons (Fsp3) is 0.571. The van der Waals surface area contributed by atoms with E-state index in [1.54, 1.807) is 7.11 Å². The first-order chi connectivity index (χ1) is 7.76. The predicted molar refractivity (Wildman–Crippen MR) is 66.4 cm³/mol. The Morgan fingerprint density at radius 3 is 2.81 bits per heavy atom. The largest absolute Gasteiger partial charge is 0.385 e. The molecule has 0 saturated carbocycles. The summed E-state index contributed by atoms with van der Waals surface area (Å²) in [6.07, 6.45) is 2.35. The molecule has 0 aromatic heterocycles. The lowest BCUT2D eigenvalue weighted by Gasteiger charge is -2.31. The van der Waals surface area contributed by atoms with Gasteiger partial charge in [0, 0.05) is 19.8 Å². The molecular formula is C14H21NO. The van der Waals surface area contributed by atoms with Crippen molar-refractivity contribution >= 4 is 0 Å². The van der Waals surface area contributed by atoms with Gasteiger partial charge in [-0.15, -0.1) is 0 Å². The highest BCUT2D eigenvalue weighted by Crippen LogP contribution is 2.43. The molecular weight excluding hydrogens is 198 g/mol. The zero-order valence-corrected chi connectivity index (χ0v) is 10.2. The average molecular weight is 219 g/mol. The van der Waals surface area contributed by atoms with Crippen LogP contribution in [0.3, 0.4) is 0 Å². The van der Waals surface area contributed by atoms with Gasteiger partial charge >= 0.3 is 0 Å². The normalized spacial score (nSPS) is 29.5. The number of ether oxygens (including phenoxy) is 1. The van der Waals surface area contributed by atoms with Crippen molar-refractivity contribution in [2.45, 2.75) is 25.8 Å². The van der Waals surface area contributed by atoms with E-state index in [0.717, 1.165) is 19.6 Å². The molecule has 0 spiro atoms. The molecule has 2 heteroatoms. The Labute approximate surface area is 98.0 Å². The second kappa shape index (κ2) is 4.98. The fourth-order valence-electron chi connectivity index (χ4n) is 2.66. The Kier molecular flexibility index (Phi) is 3.62. The summed E-state index contributed by atoms with van der Waals surface area (Å²) in [7, 11) is 1.78. The van der Waals surface area contributed by atoms with Crippen LogP contribution in [0.4, 0.5) is 0 Å². The summed E-state index contributed by atoms with van der Waals surface area (Å²) in [4.78, 5) is 0. The van der Waals surface area contributed by atoms with Crippen LogP contribution >= 0.6 is 0 Å². The van der Waals surface area contributed by atoms with Crippen LogP contribution in [0.5, 0.6) is 0 Å². The maximum absolute atomic E-state index is 5.23. The van der Waals surface area contributed by atoms with Crippen molar-refractivity contribution in [1.29, 1.82) is 0 Å². The molecule has 1 heterocycles. The van der Waals surface area contributed by atoms with Crippen LogP contribution in [0.25, 0.3) is 0 Å². The van der Waals surface area contributed by atoms with E-state index in [9.17, 15) is 0 Å². The maximum Gasteiger partial charge on any atom is 0.0468 e. The second-order valence-electron chi connectivity index (χ2n) is 4.94. The molecule has 2 unspecified atom stereocenters. The highest BCUT2D eigenvalue weighted by Gasteiger charge is 2.38. The van der Waals surface area contributed by atoms with Crippen LogP contribution in [0.2, 0.25) is 0 Å². The van der Waals surface area contributed by atoms with E-state index >= 15 is 0 Å². The molecule has 0 bridgehead atoms. The van der Waals surface area contributed by atoms with Gasteiger partial charge in [0.25, 0.3) is 0 Å². The Morgan fingerprint density at radius 2 is 2.12 bits per heavy atom. The summed E-state index contributed by atoms with van der Waals surface area (Å²) in [5.74, 6) is 0. The van der Waals surface area contributed by atoms with Gasteiger partial charge in [-0.1, -0.05) is 37.3 Å². The van der Waals surface area contributed by atoms with Gasteiger partial charge in [0.15, 0.2) is 0 Å². The lowest BCUT2D eigenvalue weighted by atomic mass is 9.77. The molecule has 1 aromatic carbocycles. The Hall–Kier alpha value is -0.860. The quantitative estimate of drug-likeness (QED) is 0.840. The van der Waals surface area contributed by atoms with E-state index in [1.807, 2.05) is 0 Å². The van der Waals surface area contributed by atoms with Crippen LogP contribution in [-0.2, 0) is 4.74 Å². The van der Waals surface area contributed by atoms with Gasteiger partial charge in [-0.2, -0.15) is 0 Å². The number of hydrogen-bond acceptors (Lipinski definition) is 2. The second-order valence-corrected chi connectivity index (χ2v) is 4.94. The molecule has 1 aliphatic heterocycles. The maximum atomic E-state index is 5.23. The number of benzene rings is 1. The highest BCUT2D eigenvalue weighted by molar-refractivity contribution is 5.22. The average Bonchev–Trinajstić information content (AvgIpc) is 2.70. The van der Waals surface area contributed by atoms with Gasteiger partial charge in [-0.05, 0) is 30.4 Å². The summed E-state index contributed by atoms with van der Waals surface area (Å²) in [6.45, 7) is 4.32. The standard InChI is InChI=1S/C14H21NO/c1-14(9-11-16-2)8-10-15-13(14)12-6-4-3-5-7-12/h3-7,13,15H,8-11H2,1-2H3. The zero-order valence-electron chi connectivity index (χ0n) is 10.2. The van der Waals surface area contributed by atoms with E-state index in [0.29, 0.717) is 11.5 Å². The van der Waals surface area contributed by atoms with Crippen molar-refractivity contribution in [3.63, 3.8) is 0 Å². The van der Waals surface area contributed by atoms with E-state index in [1.165, 1.54) is 12.0 Å². The summed E-state index contributed by atoms with van der Waals surface area (Å²) in [6, 6.07) is 11.2. The van der Waals surface area contributed by atoms with Crippen molar-refractivity contribution in [2.75, 3.05) is 20.3 Å². The topological polar surface area (TPSA) is 21.3 Å². The summed E-state index contributed by atoms with van der Waals surface area (Å²) in [5, 5.41) is 3.62. The zero-order chi connectivity index (χ0) is 11.4. The molecule has 0 aliphatic carbocycles. The lowest BCUT2D eigenvalue weighted by Crippen LogP contribution is -2.27. The molecule has 1 N–H and O–H groups in total. The smallest absolute Gasteiger partial charge is 0.0468 e. The van der Waals surface area contributed by atoms with Gasteiger partial charge in [-0.25, -0.2) is 0 Å². The minimum absolute atomic E-state index is 0.331. The van der Waals surface area contributed by atoms with Crippen molar-refractivity contribution in [2.24, 2.45) is 5.41 Å². The van der Waals surface area contributed by atoms with Gasteiger partial charge in [-0.3, -0.25) is 0 Å². The minimum Gasteiger partial charge on any atom is -0.385 e. The van der Waals surface area contributed by atoms with Crippen LogP contribution < -0.4 is 5.32 Å². The van der Waals surface area contributed by atoms with Gasteiger partial charge in [0.05, 0.1) is 0 Å². The summed E-state index contributed by atoms with van der Waals surface area (Å²) in [5.41, 5.74) is 1.73. The number of nitrogens with one attached hydrogen (secondary N) is 1. The molecule has 1 saturated heterocycles. The molecule has 88 valence electrons. The molecule has 16 heavy (non-hydrogen) atoms. The molecule has 0 radical (unpaired) electrons. The summed E-state index contributed by atoms with van der Waals surface area (Å²) < 4.78 is 5.23. The van der Waals surface area contributed by atoms with E-state index in [2.05, 4.69) is 42.6 Å². The SMILES string of the molecule is COCCC1(C)CCNC1c1ccccc1. The molecule has 1 aromatic rings. The monoisotopic (exact) mass is 219 g/mol. The number of methoxy groups -OCH3 is 1. The minimum atomic E-state index is 0.331. The number of rotatable bonds is 4. The van der Waals surface area contributed by atoms with E-state index in [4.69, 9.17) is 4.74 Å². The Balaban J connectivity index is 2.14. The van der Waals surface area contributed by atoms with Crippen LogP contribution in [0.15, 0.2) is 30.3 Å². The van der Waals surface area contributed by atoms with Gasteiger partial charge in [0.1, 0.15) is 0 Å². The predicted octanol–water partition coefficient (Wildman–Crippen LogP) is 2.76. The number of hydrogen-bond donors (Lipinski definition) is 1. The van der Waals surface area contributed by atoms with Crippen LogP contribution in [-0.4, -0.2) is 20.3 Å². The fourth-order valence-corrected chi connectivity index (χ4v) is 2.66. The molecule has 2 atom stereocenters. The molecule has 1 aliphatic rings. The lowest BCUT2D eigenvalue weighted by molar-refractivity contribution is 0.135. The third-order valence-electron chi connectivity index (χ3n) is 3.75. The first kappa shape index (κ1) is 11.6. The first-order valence-electron chi connectivity index (χ1n) is 6.03. The Bertz CT molecular complexity index is 325. The van der Waals surface area contributed by atoms with Gasteiger partial charge < -0.3 is 10.1 Å². The molecule has 2 rings (SSSR count).